The van der Waals surface area contributed by atoms with E-state index in [0.717, 1.165) is 29.8 Å². The van der Waals surface area contributed by atoms with Crippen LogP contribution in [0.5, 0.6) is 5.75 Å². The van der Waals surface area contributed by atoms with Crippen LogP contribution < -0.4 is 10.1 Å². The normalized spacial score (nSPS) is 11.1. The first-order valence-corrected chi connectivity index (χ1v) is 9.45. The van der Waals surface area contributed by atoms with E-state index in [9.17, 15) is 4.79 Å². The van der Waals surface area contributed by atoms with E-state index in [1.807, 2.05) is 30.3 Å². The highest BCUT2D eigenvalue weighted by Gasteiger charge is 2.13. The Hall–Kier alpha value is -2.82. The fourth-order valence-corrected chi connectivity index (χ4v) is 3.17. The summed E-state index contributed by atoms with van der Waals surface area (Å²) in [6, 6.07) is 15.5. The molecule has 3 aromatic rings. The number of amides is 1. The van der Waals surface area contributed by atoms with Crippen molar-refractivity contribution in [3.05, 3.63) is 59.9 Å². The molecule has 1 amide bonds. The van der Waals surface area contributed by atoms with Crippen molar-refractivity contribution in [2.24, 2.45) is 5.92 Å². The van der Waals surface area contributed by atoms with Gasteiger partial charge in [-0.05, 0) is 36.6 Å². The first-order chi connectivity index (χ1) is 13.1. The minimum atomic E-state index is -0.128. The van der Waals surface area contributed by atoms with Gasteiger partial charge in [0, 0.05) is 19.5 Å². The summed E-state index contributed by atoms with van der Waals surface area (Å²) in [6.45, 7) is 5.92. The van der Waals surface area contributed by atoms with E-state index in [1.54, 1.807) is 19.2 Å². The molecule has 0 aliphatic carbocycles. The van der Waals surface area contributed by atoms with Crippen molar-refractivity contribution in [3.63, 3.8) is 0 Å². The molecule has 1 N–H and O–H groups in total. The molecule has 142 valence electrons. The number of aromatic nitrogens is 2. The van der Waals surface area contributed by atoms with Crippen LogP contribution in [0.2, 0.25) is 0 Å². The van der Waals surface area contributed by atoms with E-state index in [-0.39, 0.29) is 5.91 Å². The lowest BCUT2D eigenvalue weighted by molar-refractivity contribution is 0.0951. The average molecular weight is 365 g/mol. The Balaban J connectivity index is 1.71. The molecule has 1 heterocycles. The second-order valence-electron chi connectivity index (χ2n) is 7.06. The van der Waals surface area contributed by atoms with Crippen molar-refractivity contribution < 1.29 is 9.53 Å². The lowest BCUT2D eigenvalue weighted by Crippen LogP contribution is -2.27. The molecule has 5 nitrogen and oxygen atoms in total. The number of nitrogens with one attached hydrogen (secondary N) is 1. The molecule has 0 unspecified atom stereocenters. The number of carbonyl (C=O) groups excluding carboxylic acids is 1. The number of aryl methyl sites for hydroxylation is 1. The van der Waals surface area contributed by atoms with Crippen molar-refractivity contribution in [1.82, 2.24) is 14.9 Å². The average Bonchev–Trinajstić information content (AvgIpc) is 3.03. The van der Waals surface area contributed by atoms with Crippen LogP contribution in [0.15, 0.2) is 48.5 Å². The van der Waals surface area contributed by atoms with Crippen molar-refractivity contribution in [3.8, 4) is 5.75 Å². The van der Waals surface area contributed by atoms with Gasteiger partial charge in [-0.25, -0.2) is 4.98 Å². The Kier molecular flexibility index (Phi) is 6.12. The Labute approximate surface area is 160 Å². The molecule has 2 aromatic carbocycles. The number of benzene rings is 2. The fraction of sp³-hybridized carbons (Fsp3) is 0.364. The Morgan fingerprint density at radius 3 is 2.67 bits per heavy atom. The molecule has 0 saturated carbocycles. The standard InChI is InChI=1S/C22H27N3O2/c1-16(2)13-15-25-19-10-6-5-9-18(19)24-21(25)12-14-23-22(26)17-8-4-7-11-20(17)27-3/h4-11,16H,12-15H2,1-3H3,(H,23,26). The SMILES string of the molecule is COc1ccccc1C(=O)NCCc1nc2ccccc2n1CCC(C)C. The second-order valence-corrected chi connectivity index (χ2v) is 7.06. The zero-order valence-corrected chi connectivity index (χ0v) is 16.2. The molecule has 0 aliphatic rings. The molecular formula is C22H27N3O2. The summed E-state index contributed by atoms with van der Waals surface area (Å²) in [5, 5.41) is 2.99. The van der Waals surface area contributed by atoms with E-state index < -0.39 is 0 Å². The van der Waals surface area contributed by atoms with Crippen LogP contribution in [-0.4, -0.2) is 29.1 Å². The van der Waals surface area contributed by atoms with Gasteiger partial charge in [0.15, 0.2) is 0 Å². The zero-order valence-electron chi connectivity index (χ0n) is 16.2. The molecular weight excluding hydrogens is 338 g/mol. The first kappa shape index (κ1) is 19.0. The van der Waals surface area contributed by atoms with Crippen LogP contribution in [-0.2, 0) is 13.0 Å². The first-order valence-electron chi connectivity index (χ1n) is 9.45. The predicted octanol–water partition coefficient (Wildman–Crippen LogP) is 4.06. The van der Waals surface area contributed by atoms with E-state index >= 15 is 0 Å². The van der Waals surface area contributed by atoms with Crippen LogP contribution in [0.3, 0.4) is 0 Å². The Morgan fingerprint density at radius 1 is 1.15 bits per heavy atom. The predicted molar refractivity (Wildman–Crippen MR) is 108 cm³/mol. The number of rotatable bonds is 8. The van der Waals surface area contributed by atoms with Crippen molar-refractivity contribution in [2.45, 2.75) is 33.2 Å². The van der Waals surface area contributed by atoms with Gasteiger partial charge in [0.1, 0.15) is 11.6 Å². The van der Waals surface area contributed by atoms with Crippen LogP contribution >= 0.6 is 0 Å². The topological polar surface area (TPSA) is 56.1 Å². The van der Waals surface area contributed by atoms with Gasteiger partial charge in [-0.15, -0.1) is 0 Å². The van der Waals surface area contributed by atoms with Gasteiger partial charge >= 0.3 is 0 Å². The molecule has 0 spiro atoms. The van der Waals surface area contributed by atoms with Gasteiger partial charge in [0.25, 0.3) is 5.91 Å². The minimum absolute atomic E-state index is 0.128. The number of imidazole rings is 1. The minimum Gasteiger partial charge on any atom is -0.496 e. The molecule has 27 heavy (non-hydrogen) atoms. The maximum absolute atomic E-state index is 12.5. The maximum Gasteiger partial charge on any atom is 0.255 e. The second kappa shape index (κ2) is 8.71. The summed E-state index contributed by atoms with van der Waals surface area (Å²) in [7, 11) is 1.57. The molecule has 0 atom stereocenters. The molecule has 0 bridgehead atoms. The van der Waals surface area contributed by atoms with E-state index in [0.29, 0.717) is 30.2 Å². The highest BCUT2D eigenvalue weighted by molar-refractivity contribution is 5.96. The molecule has 5 heteroatoms. The third-order valence-corrected chi connectivity index (χ3v) is 4.65. The van der Waals surface area contributed by atoms with Gasteiger partial charge in [-0.1, -0.05) is 38.1 Å². The quantitative estimate of drug-likeness (QED) is 0.655. The Morgan fingerprint density at radius 2 is 1.89 bits per heavy atom. The van der Waals surface area contributed by atoms with Crippen molar-refractivity contribution >= 4 is 16.9 Å². The van der Waals surface area contributed by atoms with Gasteiger partial charge < -0.3 is 14.6 Å². The third kappa shape index (κ3) is 4.48. The number of hydrogen-bond donors (Lipinski definition) is 1. The van der Waals surface area contributed by atoms with Gasteiger partial charge in [0.2, 0.25) is 0 Å². The van der Waals surface area contributed by atoms with Gasteiger partial charge in [-0.2, -0.15) is 0 Å². The molecule has 3 rings (SSSR count). The number of methoxy groups -OCH3 is 1. The molecule has 0 aliphatic heterocycles. The van der Waals surface area contributed by atoms with Crippen molar-refractivity contribution in [1.29, 1.82) is 0 Å². The smallest absolute Gasteiger partial charge is 0.255 e. The van der Waals surface area contributed by atoms with Gasteiger partial charge in [-0.3, -0.25) is 4.79 Å². The Bertz CT molecular complexity index is 915. The summed E-state index contributed by atoms with van der Waals surface area (Å²) in [6.07, 6.45) is 1.79. The molecule has 0 fully saturated rings. The van der Waals surface area contributed by atoms with Crippen LogP contribution in [0.1, 0.15) is 36.5 Å². The summed E-state index contributed by atoms with van der Waals surface area (Å²) in [4.78, 5) is 17.2. The van der Waals surface area contributed by atoms with Gasteiger partial charge in [0.05, 0.1) is 23.7 Å². The van der Waals surface area contributed by atoms with Crippen LogP contribution in [0.4, 0.5) is 0 Å². The molecule has 1 aromatic heterocycles. The maximum atomic E-state index is 12.5. The number of para-hydroxylation sites is 3. The number of fused-ring (bicyclic) bond motifs is 1. The fourth-order valence-electron chi connectivity index (χ4n) is 3.17. The summed E-state index contributed by atoms with van der Waals surface area (Å²) in [5.41, 5.74) is 2.71. The van der Waals surface area contributed by atoms with E-state index in [1.165, 1.54) is 0 Å². The highest BCUT2D eigenvalue weighted by Crippen LogP contribution is 2.19. The summed E-state index contributed by atoms with van der Waals surface area (Å²) >= 11 is 0. The largest absolute Gasteiger partial charge is 0.496 e. The number of hydrogen-bond acceptors (Lipinski definition) is 3. The number of nitrogens with zero attached hydrogens (tertiary/aromatic N) is 2. The van der Waals surface area contributed by atoms with E-state index in [4.69, 9.17) is 9.72 Å². The zero-order chi connectivity index (χ0) is 19.2. The van der Waals surface area contributed by atoms with Crippen LogP contribution in [0, 0.1) is 5.92 Å². The lowest BCUT2D eigenvalue weighted by Gasteiger charge is -2.12. The van der Waals surface area contributed by atoms with Crippen molar-refractivity contribution in [2.75, 3.05) is 13.7 Å². The summed E-state index contributed by atoms with van der Waals surface area (Å²) < 4.78 is 7.55. The molecule has 0 saturated heterocycles. The number of carbonyl (C=O) groups is 1. The third-order valence-electron chi connectivity index (χ3n) is 4.65. The lowest BCUT2D eigenvalue weighted by atomic mass is 10.1. The molecule has 0 radical (unpaired) electrons. The van der Waals surface area contributed by atoms with Crippen LogP contribution in [0.25, 0.3) is 11.0 Å². The number of ether oxygens (including phenoxy) is 1. The monoisotopic (exact) mass is 365 g/mol. The highest BCUT2D eigenvalue weighted by atomic mass is 16.5. The summed E-state index contributed by atoms with van der Waals surface area (Å²) in [5.74, 6) is 2.10. The van der Waals surface area contributed by atoms with E-state index in [2.05, 4.69) is 29.8 Å².